The van der Waals surface area contributed by atoms with Crippen LogP contribution >= 0.6 is 23.2 Å². The van der Waals surface area contributed by atoms with Gasteiger partial charge in [0, 0.05) is 11.4 Å². The molecular weight excluding hydrogens is 491 g/mol. The zero-order valence-electron chi connectivity index (χ0n) is 18.1. The molecule has 0 bridgehead atoms. The number of esters is 3. The van der Waals surface area contributed by atoms with Gasteiger partial charge >= 0.3 is 17.9 Å². The Balaban J connectivity index is 1.83. The van der Waals surface area contributed by atoms with E-state index in [1.54, 1.807) is 31.2 Å². The van der Waals surface area contributed by atoms with Crippen LogP contribution in [0.2, 0.25) is 10.2 Å². The highest BCUT2D eigenvalue weighted by atomic mass is 35.5. The SMILES string of the molecule is CCOC(=O)COc1ccc(CC(OC(=O)COC(=O)Cc2cc(Cl)cc(Cl)n2)C(N)=O)cc1. The number of pyridine rings is 1. The fraction of sp³-hybridized carbons (Fsp3) is 0.318. The number of carbonyl (C=O) groups excluding carboxylic acids is 4. The number of hydrogen-bond acceptors (Lipinski definition) is 9. The molecule has 0 radical (unpaired) electrons. The second kappa shape index (κ2) is 13.4. The van der Waals surface area contributed by atoms with Gasteiger partial charge in [0.1, 0.15) is 10.9 Å². The molecule has 34 heavy (non-hydrogen) atoms. The Morgan fingerprint density at radius 1 is 0.971 bits per heavy atom. The first-order chi connectivity index (χ1) is 16.2. The third-order valence-electron chi connectivity index (χ3n) is 4.09. The van der Waals surface area contributed by atoms with Gasteiger partial charge in [0.25, 0.3) is 5.91 Å². The van der Waals surface area contributed by atoms with Gasteiger partial charge in [-0.15, -0.1) is 0 Å². The fourth-order valence-corrected chi connectivity index (χ4v) is 3.13. The maximum atomic E-state index is 12.0. The van der Waals surface area contributed by atoms with E-state index in [1.165, 1.54) is 12.1 Å². The van der Waals surface area contributed by atoms with Crippen LogP contribution in [0.1, 0.15) is 18.2 Å². The van der Waals surface area contributed by atoms with E-state index in [9.17, 15) is 19.2 Å². The zero-order chi connectivity index (χ0) is 25.1. The van der Waals surface area contributed by atoms with Crippen LogP contribution in [-0.2, 0) is 46.2 Å². The molecule has 0 aliphatic rings. The molecule has 1 atom stereocenters. The van der Waals surface area contributed by atoms with Crippen LogP contribution in [0, 0.1) is 0 Å². The van der Waals surface area contributed by atoms with Crippen molar-refractivity contribution < 1.29 is 38.1 Å². The van der Waals surface area contributed by atoms with E-state index in [2.05, 4.69) is 4.98 Å². The van der Waals surface area contributed by atoms with Crippen LogP contribution in [-0.4, -0.2) is 54.7 Å². The van der Waals surface area contributed by atoms with Crippen LogP contribution in [0.15, 0.2) is 36.4 Å². The Labute approximate surface area is 205 Å². The predicted molar refractivity (Wildman–Crippen MR) is 120 cm³/mol. The van der Waals surface area contributed by atoms with Crippen LogP contribution < -0.4 is 10.5 Å². The van der Waals surface area contributed by atoms with Crippen molar-refractivity contribution in [1.82, 2.24) is 4.98 Å². The molecule has 2 rings (SSSR count). The van der Waals surface area contributed by atoms with Gasteiger partial charge in [0.2, 0.25) is 0 Å². The summed E-state index contributed by atoms with van der Waals surface area (Å²) in [6, 6.07) is 9.23. The van der Waals surface area contributed by atoms with Crippen molar-refractivity contribution in [2.75, 3.05) is 19.8 Å². The molecule has 2 aromatic rings. The Bertz CT molecular complexity index is 1010. The van der Waals surface area contributed by atoms with Gasteiger partial charge in [0.05, 0.1) is 18.7 Å². The summed E-state index contributed by atoms with van der Waals surface area (Å²) in [7, 11) is 0. The average Bonchev–Trinajstić information content (AvgIpc) is 2.76. The van der Waals surface area contributed by atoms with Crippen LogP contribution in [0.3, 0.4) is 0 Å². The van der Waals surface area contributed by atoms with Crippen LogP contribution in [0.5, 0.6) is 5.75 Å². The molecule has 0 fully saturated rings. The van der Waals surface area contributed by atoms with Crippen molar-refractivity contribution in [3.05, 3.63) is 57.8 Å². The lowest BCUT2D eigenvalue weighted by Crippen LogP contribution is -2.36. The summed E-state index contributed by atoms with van der Waals surface area (Å²) >= 11 is 11.6. The Kier molecular flexibility index (Phi) is 10.6. The molecule has 10 nitrogen and oxygen atoms in total. The van der Waals surface area contributed by atoms with E-state index in [4.69, 9.17) is 47.9 Å². The number of benzene rings is 1. The number of nitrogens with zero attached hydrogens (tertiary/aromatic N) is 1. The molecular formula is C22H22Cl2N2O8. The standard InChI is InChI=1S/C22H22Cl2N2O8/c1-2-31-20(28)11-32-16-5-3-13(4-6-16)7-17(22(25)30)34-21(29)12-33-19(27)10-15-8-14(23)9-18(24)26-15/h3-6,8-9,17H,2,7,10-12H2,1H3,(H2,25,30). The predicted octanol–water partition coefficient (Wildman–Crippen LogP) is 2.06. The minimum Gasteiger partial charge on any atom is -0.482 e. The van der Waals surface area contributed by atoms with Crippen LogP contribution in [0.4, 0.5) is 0 Å². The molecule has 0 saturated heterocycles. The molecule has 1 aromatic heterocycles. The van der Waals surface area contributed by atoms with Crippen molar-refractivity contribution in [3.63, 3.8) is 0 Å². The topological polar surface area (TPSA) is 144 Å². The van der Waals surface area contributed by atoms with Gasteiger partial charge in [-0.3, -0.25) is 9.59 Å². The quantitative estimate of drug-likeness (QED) is 0.256. The molecule has 0 aliphatic heterocycles. The first-order valence-corrected chi connectivity index (χ1v) is 10.8. The van der Waals surface area contributed by atoms with E-state index in [-0.39, 0.29) is 36.9 Å². The monoisotopic (exact) mass is 512 g/mol. The summed E-state index contributed by atoms with van der Waals surface area (Å²) in [5.41, 5.74) is 6.20. The normalized spacial score (nSPS) is 11.3. The molecule has 1 aromatic carbocycles. The molecule has 0 spiro atoms. The molecule has 12 heteroatoms. The number of amides is 1. The summed E-state index contributed by atoms with van der Waals surface area (Å²) in [6.07, 6.45) is -1.57. The van der Waals surface area contributed by atoms with Gasteiger partial charge in [-0.2, -0.15) is 0 Å². The summed E-state index contributed by atoms with van der Waals surface area (Å²) in [5.74, 6) is -2.69. The number of ether oxygens (including phenoxy) is 4. The molecule has 2 N–H and O–H groups in total. The lowest BCUT2D eigenvalue weighted by Gasteiger charge is -2.15. The van der Waals surface area contributed by atoms with Crippen molar-refractivity contribution in [1.29, 1.82) is 0 Å². The molecule has 0 saturated carbocycles. The number of primary amides is 1. The highest BCUT2D eigenvalue weighted by Gasteiger charge is 2.22. The van der Waals surface area contributed by atoms with Crippen LogP contribution in [0.25, 0.3) is 0 Å². The lowest BCUT2D eigenvalue weighted by molar-refractivity contribution is -0.164. The molecule has 0 aliphatic carbocycles. The largest absolute Gasteiger partial charge is 0.482 e. The van der Waals surface area contributed by atoms with Crippen molar-refractivity contribution >= 4 is 47.0 Å². The lowest BCUT2D eigenvalue weighted by atomic mass is 10.1. The van der Waals surface area contributed by atoms with Crippen molar-refractivity contribution in [2.24, 2.45) is 5.73 Å². The maximum Gasteiger partial charge on any atom is 0.345 e. The second-order valence-electron chi connectivity index (χ2n) is 6.76. The van der Waals surface area contributed by atoms with Gasteiger partial charge in [-0.05, 0) is 36.8 Å². The van der Waals surface area contributed by atoms with Gasteiger partial charge < -0.3 is 24.7 Å². The summed E-state index contributed by atoms with van der Waals surface area (Å²) in [4.78, 5) is 50.9. The zero-order valence-corrected chi connectivity index (χ0v) is 19.6. The highest BCUT2D eigenvalue weighted by molar-refractivity contribution is 6.33. The minimum atomic E-state index is -1.29. The second-order valence-corrected chi connectivity index (χ2v) is 7.58. The van der Waals surface area contributed by atoms with Gasteiger partial charge in [-0.25, -0.2) is 14.6 Å². The maximum absolute atomic E-state index is 12.0. The number of halogens is 2. The number of rotatable bonds is 12. The average molecular weight is 513 g/mol. The number of carbonyl (C=O) groups is 4. The van der Waals surface area contributed by atoms with E-state index in [1.807, 2.05) is 0 Å². The van der Waals surface area contributed by atoms with Gasteiger partial charge in [-0.1, -0.05) is 35.3 Å². The molecule has 1 heterocycles. The third kappa shape index (κ3) is 9.63. The summed E-state index contributed by atoms with van der Waals surface area (Å²) in [5, 5.41) is 0.405. The highest BCUT2D eigenvalue weighted by Crippen LogP contribution is 2.16. The summed E-state index contributed by atoms with van der Waals surface area (Å²) in [6.45, 7) is 0.973. The fourth-order valence-electron chi connectivity index (χ4n) is 2.62. The Morgan fingerprint density at radius 3 is 2.29 bits per heavy atom. The Morgan fingerprint density at radius 2 is 1.68 bits per heavy atom. The molecule has 1 unspecified atom stereocenters. The smallest absolute Gasteiger partial charge is 0.345 e. The van der Waals surface area contributed by atoms with E-state index in [0.717, 1.165) is 0 Å². The minimum absolute atomic E-state index is 0.0158. The van der Waals surface area contributed by atoms with E-state index >= 15 is 0 Å². The molecule has 182 valence electrons. The molecule has 1 amide bonds. The first kappa shape index (κ1) is 26.9. The van der Waals surface area contributed by atoms with Crippen molar-refractivity contribution in [2.45, 2.75) is 25.9 Å². The number of hydrogen-bond donors (Lipinski definition) is 1. The van der Waals surface area contributed by atoms with Crippen molar-refractivity contribution in [3.8, 4) is 5.75 Å². The summed E-state index contributed by atoms with van der Waals surface area (Å²) < 4.78 is 20.0. The van der Waals surface area contributed by atoms with E-state index < -0.39 is 36.5 Å². The van der Waals surface area contributed by atoms with E-state index in [0.29, 0.717) is 16.3 Å². The van der Waals surface area contributed by atoms with Gasteiger partial charge in [0.15, 0.2) is 19.3 Å². The first-order valence-electron chi connectivity index (χ1n) is 10.00. The Hall–Kier alpha value is -3.37. The third-order valence-corrected chi connectivity index (χ3v) is 4.50. The number of nitrogens with two attached hydrogens (primary N) is 1. The number of aromatic nitrogens is 1.